The summed E-state index contributed by atoms with van der Waals surface area (Å²) in [5.74, 6) is 2.60. The van der Waals surface area contributed by atoms with Crippen LogP contribution < -0.4 is 10.1 Å². The van der Waals surface area contributed by atoms with Gasteiger partial charge < -0.3 is 10.1 Å². The lowest BCUT2D eigenvalue weighted by atomic mass is 9.81. The van der Waals surface area contributed by atoms with Crippen molar-refractivity contribution in [3.05, 3.63) is 29.8 Å². The highest BCUT2D eigenvalue weighted by Gasteiger charge is 2.17. The lowest BCUT2D eigenvalue weighted by molar-refractivity contribution is 0.267. The minimum absolute atomic E-state index is 0.108. The second-order valence-corrected chi connectivity index (χ2v) is 6.20. The van der Waals surface area contributed by atoms with Gasteiger partial charge in [-0.15, -0.1) is 0 Å². The lowest BCUT2D eigenvalue weighted by Gasteiger charge is -2.26. The highest BCUT2D eigenvalue weighted by atomic mass is 16.5. The Morgan fingerprint density at radius 2 is 2.29 bits per heavy atom. The van der Waals surface area contributed by atoms with E-state index in [0.717, 1.165) is 30.7 Å². The van der Waals surface area contributed by atoms with Gasteiger partial charge in [-0.2, -0.15) is 5.26 Å². The van der Waals surface area contributed by atoms with E-state index in [4.69, 9.17) is 10.00 Å². The third-order valence-corrected chi connectivity index (χ3v) is 4.31. The standard InChI is InChI=1S/C18H26N2O/c1-15-4-2-5-16(12-15)8-10-20-14-17-6-3-7-18(13-17)21-11-9-19/h3,6-7,13,15-16,20H,2,4-5,8,10-12,14H2,1H3. The van der Waals surface area contributed by atoms with Crippen molar-refractivity contribution in [2.75, 3.05) is 13.2 Å². The summed E-state index contributed by atoms with van der Waals surface area (Å²) < 4.78 is 5.32. The molecule has 1 N–H and O–H groups in total. The van der Waals surface area contributed by atoms with Gasteiger partial charge in [-0.05, 0) is 48.9 Å². The van der Waals surface area contributed by atoms with Gasteiger partial charge in [0.2, 0.25) is 0 Å². The average Bonchev–Trinajstić information content (AvgIpc) is 2.50. The quantitative estimate of drug-likeness (QED) is 0.773. The Kier molecular flexibility index (Phi) is 6.56. The van der Waals surface area contributed by atoms with E-state index < -0.39 is 0 Å². The largest absolute Gasteiger partial charge is 0.479 e. The van der Waals surface area contributed by atoms with Crippen molar-refractivity contribution in [1.29, 1.82) is 5.26 Å². The van der Waals surface area contributed by atoms with Gasteiger partial charge in [0.15, 0.2) is 6.61 Å². The summed E-state index contributed by atoms with van der Waals surface area (Å²) in [6.45, 7) is 4.44. The van der Waals surface area contributed by atoms with Crippen LogP contribution in [-0.2, 0) is 6.54 Å². The summed E-state index contributed by atoms with van der Waals surface area (Å²) in [6, 6.07) is 9.96. The Labute approximate surface area is 128 Å². The van der Waals surface area contributed by atoms with E-state index in [2.05, 4.69) is 18.3 Å². The minimum Gasteiger partial charge on any atom is -0.479 e. The number of nitrogens with one attached hydrogen (secondary N) is 1. The summed E-state index contributed by atoms with van der Waals surface area (Å²) in [6.07, 6.45) is 6.92. The van der Waals surface area contributed by atoms with E-state index >= 15 is 0 Å². The number of nitrogens with zero attached hydrogens (tertiary/aromatic N) is 1. The van der Waals surface area contributed by atoms with Gasteiger partial charge >= 0.3 is 0 Å². The van der Waals surface area contributed by atoms with E-state index in [-0.39, 0.29) is 6.61 Å². The molecular formula is C18H26N2O. The third kappa shape index (κ3) is 5.77. The van der Waals surface area contributed by atoms with Crippen molar-refractivity contribution in [3.8, 4) is 11.8 Å². The fraction of sp³-hybridized carbons (Fsp3) is 0.611. The molecule has 0 heterocycles. The van der Waals surface area contributed by atoms with E-state index in [9.17, 15) is 0 Å². The summed E-state index contributed by atoms with van der Waals surface area (Å²) in [7, 11) is 0. The zero-order chi connectivity index (χ0) is 14.9. The maximum atomic E-state index is 8.53. The van der Waals surface area contributed by atoms with Crippen molar-refractivity contribution >= 4 is 0 Å². The predicted molar refractivity (Wildman–Crippen MR) is 85.0 cm³/mol. The predicted octanol–water partition coefficient (Wildman–Crippen LogP) is 3.89. The molecule has 0 saturated heterocycles. The van der Waals surface area contributed by atoms with Crippen molar-refractivity contribution in [2.24, 2.45) is 11.8 Å². The summed E-state index contributed by atoms with van der Waals surface area (Å²) in [5.41, 5.74) is 1.21. The van der Waals surface area contributed by atoms with Gasteiger partial charge in [0.25, 0.3) is 0 Å². The minimum atomic E-state index is 0.108. The molecule has 1 saturated carbocycles. The molecule has 0 radical (unpaired) electrons. The van der Waals surface area contributed by atoms with Crippen molar-refractivity contribution < 1.29 is 4.74 Å². The molecule has 2 rings (SSSR count). The Balaban J connectivity index is 1.67. The molecule has 0 amide bonds. The summed E-state index contributed by atoms with van der Waals surface area (Å²) >= 11 is 0. The summed E-state index contributed by atoms with van der Waals surface area (Å²) in [5, 5.41) is 12.1. The second kappa shape index (κ2) is 8.69. The molecular weight excluding hydrogens is 260 g/mol. The van der Waals surface area contributed by atoms with Crippen LogP contribution in [0.15, 0.2) is 24.3 Å². The molecule has 3 heteroatoms. The van der Waals surface area contributed by atoms with Gasteiger partial charge in [-0.1, -0.05) is 38.3 Å². The lowest BCUT2D eigenvalue weighted by Crippen LogP contribution is -2.21. The van der Waals surface area contributed by atoms with Crippen LogP contribution in [0.5, 0.6) is 5.75 Å². The number of hydrogen-bond donors (Lipinski definition) is 1. The first-order valence-electron chi connectivity index (χ1n) is 8.07. The van der Waals surface area contributed by atoms with Gasteiger partial charge in [-0.3, -0.25) is 0 Å². The molecule has 1 aliphatic rings. The Bertz CT molecular complexity index is 467. The molecule has 1 aromatic carbocycles. The second-order valence-electron chi connectivity index (χ2n) is 6.20. The Morgan fingerprint density at radius 3 is 3.10 bits per heavy atom. The number of ether oxygens (including phenoxy) is 1. The molecule has 21 heavy (non-hydrogen) atoms. The topological polar surface area (TPSA) is 45.0 Å². The van der Waals surface area contributed by atoms with Crippen LogP contribution in [0.4, 0.5) is 0 Å². The van der Waals surface area contributed by atoms with E-state index in [0.29, 0.717) is 0 Å². The molecule has 0 aromatic heterocycles. The highest BCUT2D eigenvalue weighted by molar-refractivity contribution is 5.28. The number of benzene rings is 1. The van der Waals surface area contributed by atoms with Crippen LogP contribution >= 0.6 is 0 Å². The molecule has 0 spiro atoms. The maximum absolute atomic E-state index is 8.53. The molecule has 0 aliphatic heterocycles. The molecule has 1 aliphatic carbocycles. The Morgan fingerprint density at radius 1 is 1.38 bits per heavy atom. The van der Waals surface area contributed by atoms with Crippen LogP contribution in [0.3, 0.4) is 0 Å². The normalized spacial score (nSPS) is 21.7. The average molecular weight is 286 g/mol. The molecule has 2 unspecified atom stereocenters. The molecule has 114 valence electrons. The van der Waals surface area contributed by atoms with Crippen molar-refractivity contribution in [1.82, 2.24) is 5.32 Å². The first-order valence-corrected chi connectivity index (χ1v) is 8.07. The van der Waals surface area contributed by atoms with Crippen LogP contribution in [0.25, 0.3) is 0 Å². The molecule has 1 fully saturated rings. The van der Waals surface area contributed by atoms with Crippen LogP contribution in [-0.4, -0.2) is 13.2 Å². The van der Waals surface area contributed by atoms with Crippen LogP contribution in [0.1, 0.15) is 44.6 Å². The van der Waals surface area contributed by atoms with Crippen LogP contribution in [0.2, 0.25) is 0 Å². The SMILES string of the molecule is CC1CCCC(CCNCc2cccc(OCC#N)c2)C1. The number of hydrogen-bond acceptors (Lipinski definition) is 3. The zero-order valence-corrected chi connectivity index (χ0v) is 13.0. The van der Waals surface area contributed by atoms with Gasteiger partial charge in [0, 0.05) is 6.54 Å². The smallest absolute Gasteiger partial charge is 0.174 e. The van der Waals surface area contributed by atoms with Crippen molar-refractivity contribution in [2.45, 2.75) is 45.6 Å². The monoisotopic (exact) mass is 286 g/mol. The first-order chi connectivity index (χ1) is 10.3. The van der Waals surface area contributed by atoms with Crippen LogP contribution in [0, 0.1) is 23.2 Å². The number of rotatable bonds is 7. The summed E-state index contributed by atoms with van der Waals surface area (Å²) in [4.78, 5) is 0. The number of nitriles is 1. The van der Waals surface area contributed by atoms with E-state index in [1.165, 1.54) is 37.7 Å². The van der Waals surface area contributed by atoms with Gasteiger partial charge in [-0.25, -0.2) is 0 Å². The van der Waals surface area contributed by atoms with Crippen molar-refractivity contribution in [3.63, 3.8) is 0 Å². The third-order valence-electron chi connectivity index (χ3n) is 4.31. The first kappa shape index (κ1) is 15.9. The molecule has 3 nitrogen and oxygen atoms in total. The van der Waals surface area contributed by atoms with Gasteiger partial charge in [0.05, 0.1) is 0 Å². The molecule has 0 bridgehead atoms. The zero-order valence-electron chi connectivity index (χ0n) is 13.0. The fourth-order valence-electron chi connectivity index (χ4n) is 3.22. The van der Waals surface area contributed by atoms with E-state index in [1.54, 1.807) is 0 Å². The maximum Gasteiger partial charge on any atom is 0.174 e. The molecule has 1 aromatic rings. The molecule has 2 atom stereocenters. The fourth-order valence-corrected chi connectivity index (χ4v) is 3.22. The Hall–Kier alpha value is -1.53. The highest BCUT2D eigenvalue weighted by Crippen LogP contribution is 2.30. The van der Waals surface area contributed by atoms with E-state index in [1.807, 2.05) is 24.3 Å². The van der Waals surface area contributed by atoms with Gasteiger partial charge in [0.1, 0.15) is 11.8 Å².